The number of anilines is 2. The first-order valence-corrected chi connectivity index (χ1v) is 9.55. The molecule has 6 heteroatoms. The molecule has 0 unspecified atom stereocenters. The minimum Gasteiger partial charge on any atom is -0.489 e. The maximum absolute atomic E-state index is 12.4. The quantitative estimate of drug-likeness (QED) is 0.583. The first-order valence-electron chi connectivity index (χ1n) is 9.17. The number of nitrogens with zero attached hydrogens (tertiary/aromatic N) is 1. The van der Waals surface area contributed by atoms with Crippen LogP contribution in [-0.4, -0.2) is 16.9 Å². The molecule has 1 aromatic heterocycles. The Morgan fingerprint density at radius 1 is 1.04 bits per heavy atom. The number of hydrogen-bond donors (Lipinski definition) is 2. The molecule has 0 radical (unpaired) electrons. The molecule has 0 atom stereocenters. The minimum atomic E-state index is -0.194. The number of carbonyl (C=O) groups is 1. The number of aromatic nitrogens is 1. The molecule has 142 valence electrons. The van der Waals surface area contributed by atoms with Crippen LogP contribution in [-0.2, 0) is 6.61 Å². The lowest BCUT2D eigenvalue weighted by Gasteiger charge is -2.09. The molecule has 1 aliphatic carbocycles. The van der Waals surface area contributed by atoms with Crippen LogP contribution in [0.3, 0.4) is 0 Å². The molecule has 0 spiro atoms. The maximum Gasteiger partial charge on any atom is 0.257 e. The molecule has 3 aromatic rings. The highest BCUT2D eigenvalue weighted by Gasteiger charge is 2.21. The van der Waals surface area contributed by atoms with E-state index in [0.717, 1.165) is 17.1 Å². The molecule has 28 heavy (non-hydrogen) atoms. The summed E-state index contributed by atoms with van der Waals surface area (Å²) in [6.45, 7) is 0.454. The largest absolute Gasteiger partial charge is 0.489 e. The van der Waals surface area contributed by atoms with Crippen LogP contribution >= 0.6 is 11.6 Å². The Morgan fingerprint density at radius 3 is 2.43 bits per heavy atom. The van der Waals surface area contributed by atoms with E-state index in [-0.39, 0.29) is 5.91 Å². The molecular weight excluding hydrogens is 374 g/mol. The van der Waals surface area contributed by atoms with Crippen LogP contribution in [0.15, 0.2) is 66.9 Å². The summed E-state index contributed by atoms with van der Waals surface area (Å²) in [6, 6.07) is 18.9. The second kappa shape index (κ2) is 8.31. The average molecular weight is 394 g/mol. The van der Waals surface area contributed by atoms with Gasteiger partial charge in [-0.05, 0) is 66.9 Å². The second-order valence-electron chi connectivity index (χ2n) is 6.74. The van der Waals surface area contributed by atoms with Gasteiger partial charge in [-0.3, -0.25) is 4.79 Å². The number of halogens is 1. The van der Waals surface area contributed by atoms with E-state index < -0.39 is 0 Å². The Bertz CT molecular complexity index is 937. The van der Waals surface area contributed by atoms with Gasteiger partial charge in [-0.15, -0.1) is 0 Å². The summed E-state index contributed by atoms with van der Waals surface area (Å²) < 4.78 is 5.75. The van der Waals surface area contributed by atoms with Gasteiger partial charge >= 0.3 is 0 Å². The molecule has 1 saturated carbocycles. The van der Waals surface area contributed by atoms with Crippen LogP contribution in [0.2, 0.25) is 5.02 Å². The third kappa shape index (κ3) is 5.02. The number of amides is 1. The lowest BCUT2D eigenvalue weighted by molar-refractivity contribution is 0.102. The second-order valence-corrected chi connectivity index (χ2v) is 7.18. The Morgan fingerprint density at radius 2 is 1.79 bits per heavy atom. The van der Waals surface area contributed by atoms with E-state index in [1.165, 1.54) is 12.8 Å². The molecule has 1 aliphatic rings. The fourth-order valence-corrected chi connectivity index (χ4v) is 2.76. The van der Waals surface area contributed by atoms with Crippen LogP contribution in [0.1, 0.15) is 28.8 Å². The summed E-state index contributed by atoms with van der Waals surface area (Å²) in [7, 11) is 0. The fraction of sp³-hybridized carbons (Fsp3) is 0.182. The Hall–Kier alpha value is -3.05. The normalized spacial score (nSPS) is 13.0. The molecule has 2 aromatic carbocycles. The summed E-state index contributed by atoms with van der Waals surface area (Å²) in [4.78, 5) is 16.7. The van der Waals surface area contributed by atoms with Gasteiger partial charge in [-0.25, -0.2) is 4.98 Å². The van der Waals surface area contributed by atoms with Gasteiger partial charge in [0, 0.05) is 22.9 Å². The summed E-state index contributed by atoms with van der Waals surface area (Å²) in [5.41, 5.74) is 2.25. The van der Waals surface area contributed by atoms with Crippen molar-refractivity contribution in [2.75, 3.05) is 10.6 Å². The predicted molar refractivity (Wildman–Crippen MR) is 111 cm³/mol. The van der Waals surface area contributed by atoms with Gasteiger partial charge in [0.25, 0.3) is 5.91 Å². The van der Waals surface area contributed by atoms with Crippen molar-refractivity contribution in [1.29, 1.82) is 0 Å². The number of rotatable bonds is 7. The van der Waals surface area contributed by atoms with Gasteiger partial charge in [0.15, 0.2) is 0 Å². The van der Waals surface area contributed by atoms with Crippen LogP contribution in [0.25, 0.3) is 0 Å². The lowest BCUT2D eigenvalue weighted by atomic mass is 10.2. The average Bonchev–Trinajstić information content (AvgIpc) is 3.53. The third-order valence-electron chi connectivity index (χ3n) is 4.39. The zero-order valence-electron chi connectivity index (χ0n) is 15.2. The Balaban J connectivity index is 1.30. The number of ether oxygens (including phenoxy) is 1. The summed E-state index contributed by atoms with van der Waals surface area (Å²) in [5, 5.41) is 6.87. The summed E-state index contributed by atoms with van der Waals surface area (Å²) >= 11 is 5.88. The highest BCUT2D eigenvalue weighted by atomic mass is 35.5. The minimum absolute atomic E-state index is 0.194. The van der Waals surface area contributed by atoms with Crippen molar-refractivity contribution in [1.82, 2.24) is 4.98 Å². The highest BCUT2D eigenvalue weighted by Crippen LogP contribution is 2.23. The predicted octanol–water partition coefficient (Wildman–Crippen LogP) is 5.14. The molecule has 2 N–H and O–H groups in total. The van der Waals surface area contributed by atoms with Crippen molar-refractivity contribution in [3.05, 3.63) is 83.0 Å². The van der Waals surface area contributed by atoms with E-state index in [2.05, 4.69) is 15.6 Å². The van der Waals surface area contributed by atoms with Gasteiger partial charge in [0.2, 0.25) is 0 Å². The summed E-state index contributed by atoms with van der Waals surface area (Å²) in [5.74, 6) is 1.34. The maximum atomic E-state index is 12.4. The summed E-state index contributed by atoms with van der Waals surface area (Å²) in [6.07, 6.45) is 3.95. The van der Waals surface area contributed by atoms with E-state index in [0.29, 0.717) is 28.9 Å². The molecule has 4 rings (SSSR count). The zero-order chi connectivity index (χ0) is 19.3. The van der Waals surface area contributed by atoms with Crippen molar-refractivity contribution in [3.63, 3.8) is 0 Å². The van der Waals surface area contributed by atoms with Gasteiger partial charge in [0.05, 0.1) is 5.56 Å². The Labute approximate surface area is 168 Å². The number of benzene rings is 2. The van der Waals surface area contributed by atoms with Crippen molar-refractivity contribution in [2.45, 2.75) is 25.5 Å². The van der Waals surface area contributed by atoms with Crippen LogP contribution in [0, 0.1) is 0 Å². The SMILES string of the molecule is O=C(Nc1ccc(OCc2ccc(Cl)cc2)cc1)c1ccc(NC2CC2)nc1. The number of nitrogens with one attached hydrogen (secondary N) is 2. The highest BCUT2D eigenvalue weighted by molar-refractivity contribution is 6.30. The van der Waals surface area contributed by atoms with Crippen molar-refractivity contribution >= 4 is 29.0 Å². The standard InChI is InChI=1S/C22H20ClN3O2/c23-17-4-1-15(2-5-17)14-28-20-10-8-19(9-11-20)26-22(27)16-3-12-21(24-13-16)25-18-6-7-18/h1-5,8-13,18H,6-7,14H2,(H,24,25)(H,26,27). The smallest absolute Gasteiger partial charge is 0.257 e. The van der Waals surface area contributed by atoms with E-state index in [1.807, 2.05) is 54.6 Å². The fourth-order valence-electron chi connectivity index (χ4n) is 2.64. The zero-order valence-corrected chi connectivity index (χ0v) is 15.9. The first kappa shape index (κ1) is 18.3. The molecule has 0 bridgehead atoms. The Kier molecular flexibility index (Phi) is 5.44. The van der Waals surface area contributed by atoms with Crippen molar-refractivity contribution in [3.8, 4) is 5.75 Å². The topological polar surface area (TPSA) is 63.2 Å². The molecule has 0 aliphatic heterocycles. The molecule has 1 fully saturated rings. The van der Waals surface area contributed by atoms with Crippen LogP contribution < -0.4 is 15.4 Å². The molecular formula is C22H20ClN3O2. The number of carbonyl (C=O) groups excluding carboxylic acids is 1. The molecule has 0 saturated heterocycles. The van der Waals surface area contributed by atoms with E-state index in [1.54, 1.807) is 12.3 Å². The monoisotopic (exact) mass is 393 g/mol. The van der Waals surface area contributed by atoms with Crippen LogP contribution in [0.5, 0.6) is 5.75 Å². The molecule has 5 nitrogen and oxygen atoms in total. The van der Waals surface area contributed by atoms with Crippen LogP contribution in [0.4, 0.5) is 11.5 Å². The van der Waals surface area contributed by atoms with E-state index >= 15 is 0 Å². The van der Waals surface area contributed by atoms with Gasteiger partial charge < -0.3 is 15.4 Å². The molecule has 1 amide bonds. The number of hydrogen-bond acceptors (Lipinski definition) is 4. The van der Waals surface area contributed by atoms with Gasteiger partial charge in [-0.2, -0.15) is 0 Å². The van der Waals surface area contributed by atoms with Crippen molar-refractivity contribution < 1.29 is 9.53 Å². The number of pyridine rings is 1. The molecule has 1 heterocycles. The van der Waals surface area contributed by atoms with Gasteiger partial charge in [-0.1, -0.05) is 23.7 Å². The third-order valence-corrected chi connectivity index (χ3v) is 4.64. The van der Waals surface area contributed by atoms with E-state index in [4.69, 9.17) is 16.3 Å². The lowest BCUT2D eigenvalue weighted by Crippen LogP contribution is -2.12. The first-order chi connectivity index (χ1) is 13.7. The van der Waals surface area contributed by atoms with Gasteiger partial charge in [0.1, 0.15) is 18.2 Å². The van der Waals surface area contributed by atoms with Crippen molar-refractivity contribution in [2.24, 2.45) is 0 Å². The van der Waals surface area contributed by atoms with E-state index in [9.17, 15) is 4.79 Å².